The molecule has 0 saturated carbocycles. The lowest BCUT2D eigenvalue weighted by molar-refractivity contribution is -0.134. The van der Waals surface area contributed by atoms with Gasteiger partial charge in [-0.05, 0) is 67.3 Å². The topological polar surface area (TPSA) is 51.2 Å². The van der Waals surface area contributed by atoms with Crippen LogP contribution in [0.5, 0.6) is 5.75 Å². The first kappa shape index (κ1) is 23.1. The van der Waals surface area contributed by atoms with Gasteiger partial charge in [0.2, 0.25) is 0 Å². The number of amides is 1. The van der Waals surface area contributed by atoms with Crippen molar-refractivity contribution in [3.63, 3.8) is 0 Å². The number of nitrogens with one attached hydrogen (secondary N) is 1. The molecular weight excluding hydrogens is 431 g/mol. The van der Waals surface area contributed by atoms with E-state index >= 15 is 0 Å². The summed E-state index contributed by atoms with van der Waals surface area (Å²) in [5, 5.41) is 4.32. The smallest absolute Gasteiger partial charge is 0.263 e. The first-order valence-electron chi connectivity index (χ1n) is 10.1. The Balaban J connectivity index is 1.75. The molecule has 0 bridgehead atoms. The van der Waals surface area contributed by atoms with Gasteiger partial charge < -0.3 is 10.1 Å². The second-order valence-electron chi connectivity index (χ2n) is 8.01. The van der Waals surface area contributed by atoms with E-state index < -0.39 is 5.60 Å². The van der Waals surface area contributed by atoms with E-state index in [1.54, 1.807) is 44.3 Å². The molecule has 2 aromatic carbocycles. The van der Waals surface area contributed by atoms with Crippen LogP contribution in [0.3, 0.4) is 0 Å². The second kappa shape index (κ2) is 10.2. The van der Waals surface area contributed by atoms with Gasteiger partial charge in [0.1, 0.15) is 5.75 Å². The Morgan fingerprint density at radius 1 is 1.03 bits per heavy atom. The van der Waals surface area contributed by atoms with Crippen LogP contribution < -0.4 is 10.1 Å². The van der Waals surface area contributed by atoms with E-state index in [9.17, 15) is 4.79 Å². The fourth-order valence-corrected chi connectivity index (χ4v) is 3.77. The van der Waals surface area contributed by atoms with Gasteiger partial charge in [0, 0.05) is 34.9 Å². The van der Waals surface area contributed by atoms with E-state index in [1.807, 2.05) is 42.6 Å². The molecule has 3 aromatic rings. The van der Waals surface area contributed by atoms with Crippen molar-refractivity contribution in [3.8, 4) is 5.75 Å². The van der Waals surface area contributed by atoms with Crippen molar-refractivity contribution in [1.29, 1.82) is 0 Å². The Morgan fingerprint density at radius 3 is 2.42 bits per heavy atom. The number of carbonyl (C=O) groups excluding carboxylic acids is 1. The van der Waals surface area contributed by atoms with Crippen LogP contribution in [-0.4, -0.2) is 23.0 Å². The maximum Gasteiger partial charge on any atom is 0.263 e. The third kappa shape index (κ3) is 6.22. The minimum atomic E-state index is -1.06. The van der Waals surface area contributed by atoms with Crippen LogP contribution in [0, 0.1) is 0 Å². The third-order valence-corrected chi connectivity index (χ3v) is 5.80. The highest BCUT2D eigenvalue weighted by atomic mass is 35.5. The fraction of sp³-hybridized carbons (Fsp3) is 0.280. The molecule has 2 atom stereocenters. The van der Waals surface area contributed by atoms with Gasteiger partial charge in [0.15, 0.2) is 5.60 Å². The van der Waals surface area contributed by atoms with Crippen molar-refractivity contribution >= 4 is 29.1 Å². The predicted molar refractivity (Wildman–Crippen MR) is 126 cm³/mol. The third-order valence-electron chi connectivity index (χ3n) is 5.31. The predicted octanol–water partition coefficient (Wildman–Crippen LogP) is 6.25. The quantitative estimate of drug-likeness (QED) is 0.435. The number of hydrogen-bond donors (Lipinski definition) is 1. The summed E-state index contributed by atoms with van der Waals surface area (Å²) in [6.07, 6.45) is 3.59. The maximum absolute atomic E-state index is 13.0. The molecule has 3 rings (SSSR count). The van der Waals surface area contributed by atoms with E-state index in [0.717, 1.165) is 11.1 Å². The molecule has 0 fully saturated rings. The molecule has 1 heterocycles. The number of pyridine rings is 1. The number of hydrogen-bond acceptors (Lipinski definition) is 3. The zero-order chi connectivity index (χ0) is 22.4. The lowest BCUT2D eigenvalue weighted by atomic mass is 9.83. The molecule has 0 spiro atoms. The highest BCUT2D eigenvalue weighted by molar-refractivity contribution is 6.30. The Labute approximate surface area is 193 Å². The molecule has 162 valence electrons. The van der Waals surface area contributed by atoms with Gasteiger partial charge in [-0.25, -0.2) is 0 Å². The maximum atomic E-state index is 13.0. The van der Waals surface area contributed by atoms with E-state index in [-0.39, 0.29) is 17.7 Å². The van der Waals surface area contributed by atoms with Gasteiger partial charge in [-0.1, -0.05) is 54.4 Å². The van der Waals surface area contributed by atoms with Crippen LogP contribution in [0.15, 0.2) is 73.1 Å². The van der Waals surface area contributed by atoms with Crippen LogP contribution in [0.4, 0.5) is 0 Å². The highest BCUT2D eigenvalue weighted by Gasteiger charge is 2.31. The van der Waals surface area contributed by atoms with Crippen LogP contribution >= 0.6 is 23.2 Å². The van der Waals surface area contributed by atoms with Crippen molar-refractivity contribution in [2.75, 3.05) is 6.54 Å². The molecule has 6 heteroatoms. The summed E-state index contributed by atoms with van der Waals surface area (Å²) in [7, 11) is 0. The molecule has 31 heavy (non-hydrogen) atoms. The van der Waals surface area contributed by atoms with Gasteiger partial charge >= 0.3 is 0 Å². The summed E-state index contributed by atoms with van der Waals surface area (Å²) in [6.45, 7) is 6.06. The van der Waals surface area contributed by atoms with Gasteiger partial charge in [0.25, 0.3) is 5.91 Å². The number of benzene rings is 2. The number of nitrogens with zero attached hydrogens (tertiary/aromatic N) is 1. The number of carbonyl (C=O) groups is 1. The van der Waals surface area contributed by atoms with Crippen molar-refractivity contribution in [2.45, 2.75) is 38.2 Å². The molecule has 4 nitrogen and oxygen atoms in total. The molecule has 0 aliphatic rings. The number of halogens is 2. The molecular formula is C25H26Cl2N2O2. The zero-order valence-electron chi connectivity index (χ0n) is 17.8. The molecule has 1 amide bonds. The average molecular weight is 457 g/mol. The molecule has 0 aliphatic heterocycles. The second-order valence-corrected chi connectivity index (χ2v) is 8.89. The lowest BCUT2D eigenvalue weighted by Gasteiger charge is -2.29. The normalized spacial score (nSPS) is 13.3. The van der Waals surface area contributed by atoms with Crippen molar-refractivity contribution in [1.82, 2.24) is 10.3 Å². The molecule has 0 radical (unpaired) electrons. The molecule has 0 saturated heterocycles. The molecule has 2 unspecified atom stereocenters. The van der Waals surface area contributed by atoms with E-state index in [1.165, 1.54) is 0 Å². The number of rotatable bonds is 8. The fourth-order valence-electron chi connectivity index (χ4n) is 3.46. The Kier molecular flexibility index (Phi) is 7.58. The summed E-state index contributed by atoms with van der Waals surface area (Å²) in [5.41, 5.74) is 1.13. The highest BCUT2D eigenvalue weighted by Crippen LogP contribution is 2.33. The van der Waals surface area contributed by atoms with E-state index in [4.69, 9.17) is 27.9 Å². The number of aromatic nitrogens is 1. The largest absolute Gasteiger partial charge is 0.478 e. The Hall–Kier alpha value is -2.56. The first-order chi connectivity index (χ1) is 14.8. The van der Waals surface area contributed by atoms with E-state index in [2.05, 4.69) is 17.2 Å². The van der Waals surface area contributed by atoms with Crippen LogP contribution in [-0.2, 0) is 4.79 Å². The van der Waals surface area contributed by atoms with Crippen molar-refractivity contribution in [3.05, 3.63) is 94.2 Å². The van der Waals surface area contributed by atoms with Gasteiger partial charge in [-0.2, -0.15) is 0 Å². The Bertz CT molecular complexity index is 1010. The van der Waals surface area contributed by atoms with Crippen molar-refractivity contribution in [2.24, 2.45) is 0 Å². The summed E-state index contributed by atoms with van der Waals surface area (Å²) in [4.78, 5) is 17.3. The van der Waals surface area contributed by atoms with Gasteiger partial charge in [-0.3, -0.25) is 9.78 Å². The lowest BCUT2D eigenvalue weighted by Crippen LogP contribution is -2.47. The molecule has 0 aliphatic carbocycles. The zero-order valence-corrected chi connectivity index (χ0v) is 19.3. The van der Waals surface area contributed by atoms with Crippen LogP contribution in [0.25, 0.3) is 0 Å². The summed E-state index contributed by atoms with van der Waals surface area (Å²) in [6, 6.07) is 18.8. The minimum absolute atomic E-state index is 0.0285. The van der Waals surface area contributed by atoms with Crippen LogP contribution in [0.1, 0.15) is 43.7 Å². The summed E-state index contributed by atoms with van der Waals surface area (Å²) >= 11 is 12.1. The van der Waals surface area contributed by atoms with Gasteiger partial charge in [-0.15, -0.1) is 0 Å². The van der Waals surface area contributed by atoms with E-state index in [0.29, 0.717) is 22.3 Å². The van der Waals surface area contributed by atoms with Crippen LogP contribution in [0.2, 0.25) is 10.0 Å². The van der Waals surface area contributed by atoms with Crippen molar-refractivity contribution < 1.29 is 9.53 Å². The minimum Gasteiger partial charge on any atom is -0.478 e. The first-order valence-corrected chi connectivity index (χ1v) is 10.9. The standard InChI is InChI=1S/C25H26Cl2N2O2/c1-17(18-9-11-20(26)12-10-18)23(19-6-5-13-28-15-19)16-29-24(30)25(2,3)31-22-8-4-7-21(27)14-22/h4-15,17,23H,16H2,1-3H3,(H,29,30). The molecule has 1 aromatic heterocycles. The number of ether oxygens (including phenoxy) is 1. The SMILES string of the molecule is CC(c1ccc(Cl)cc1)C(CNC(=O)C(C)(C)Oc1cccc(Cl)c1)c1cccnc1. The van der Waals surface area contributed by atoms with Gasteiger partial charge in [0.05, 0.1) is 0 Å². The summed E-state index contributed by atoms with van der Waals surface area (Å²) < 4.78 is 5.92. The summed E-state index contributed by atoms with van der Waals surface area (Å²) in [5.74, 6) is 0.509. The average Bonchev–Trinajstić information content (AvgIpc) is 2.74. The Morgan fingerprint density at radius 2 is 1.77 bits per heavy atom. The monoisotopic (exact) mass is 456 g/mol. The molecule has 1 N–H and O–H groups in total.